The molecule has 0 spiro atoms. The van der Waals surface area contributed by atoms with Crippen LogP contribution in [-0.2, 0) is 14.8 Å². The Kier molecular flexibility index (Phi) is 6.16. The molecule has 90 valence electrons. The summed E-state index contributed by atoms with van der Waals surface area (Å²) in [7, 11) is -1.99. The van der Waals surface area contributed by atoms with Gasteiger partial charge in [-0.1, -0.05) is 6.92 Å². The topological polar surface area (TPSA) is 75.3 Å². The molecule has 0 heterocycles. The van der Waals surface area contributed by atoms with Gasteiger partial charge in [0.05, 0.1) is 11.8 Å². The summed E-state index contributed by atoms with van der Waals surface area (Å²) in [5.41, 5.74) is 0. The number of hydrogen-bond acceptors (Lipinski definition) is 3. The lowest BCUT2D eigenvalue weighted by molar-refractivity contribution is -0.121. The maximum absolute atomic E-state index is 11.5. The first-order chi connectivity index (χ1) is 6.82. The standard InChI is InChI=1S/C8H17ClN2O3S/c1-6(4-9)5-15(13,14)11-7(2)8(12)10-3/h6-7,11H,4-5H2,1-3H3,(H,10,12). The van der Waals surface area contributed by atoms with Gasteiger partial charge in [0.1, 0.15) is 0 Å². The van der Waals surface area contributed by atoms with E-state index in [1.54, 1.807) is 6.92 Å². The summed E-state index contributed by atoms with van der Waals surface area (Å²) in [6, 6.07) is -0.762. The van der Waals surface area contributed by atoms with Gasteiger partial charge in [0.25, 0.3) is 0 Å². The molecule has 0 bridgehead atoms. The second-order valence-corrected chi connectivity index (χ2v) is 5.60. The molecule has 15 heavy (non-hydrogen) atoms. The van der Waals surface area contributed by atoms with Crippen molar-refractivity contribution in [2.45, 2.75) is 19.9 Å². The average Bonchev–Trinajstić information content (AvgIpc) is 2.14. The van der Waals surface area contributed by atoms with Gasteiger partial charge in [0.2, 0.25) is 15.9 Å². The number of likely N-dealkylation sites (N-methyl/N-ethyl adjacent to an activating group) is 1. The van der Waals surface area contributed by atoms with Gasteiger partial charge in [-0.3, -0.25) is 4.79 Å². The number of hydrogen-bond donors (Lipinski definition) is 2. The number of carbonyl (C=O) groups excluding carboxylic acids is 1. The minimum absolute atomic E-state index is 0.0716. The van der Waals surface area contributed by atoms with E-state index in [1.807, 2.05) is 0 Å². The van der Waals surface area contributed by atoms with Crippen LogP contribution < -0.4 is 10.0 Å². The minimum Gasteiger partial charge on any atom is -0.358 e. The van der Waals surface area contributed by atoms with Crippen LogP contribution in [0.15, 0.2) is 0 Å². The highest BCUT2D eigenvalue weighted by molar-refractivity contribution is 7.89. The van der Waals surface area contributed by atoms with Crippen LogP contribution in [0.4, 0.5) is 0 Å². The molecule has 5 nitrogen and oxygen atoms in total. The molecular weight excluding hydrogens is 240 g/mol. The SMILES string of the molecule is CNC(=O)C(C)NS(=O)(=O)CC(C)CCl. The Morgan fingerprint density at radius 1 is 1.40 bits per heavy atom. The Bertz CT molecular complexity index is 305. The van der Waals surface area contributed by atoms with Crippen molar-refractivity contribution in [2.24, 2.45) is 5.92 Å². The fourth-order valence-corrected chi connectivity index (χ4v) is 2.85. The van der Waals surface area contributed by atoms with Gasteiger partial charge in [-0.05, 0) is 12.8 Å². The summed E-state index contributed by atoms with van der Waals surface area (Å²) in [5, 5.41) is 2.36. The lowest BCUT2D eigenvalue weighted by Gasteiger charge is -2.14. The predicted octanol–water partition coefficient (Wildman–Crippen LogP) is -0.0848. The van der Waals surface area contributed by atoms with Gasteiger partial charge in [0, 0.05) is 12.9 Å². The first-order valence-electron chi connectivity index (χ1n) is 4.60. The maximum Gasteiger partial charge on any atom is 0.237 e. The smallest absolute Gasteiger partial charge is 0.237 e. The molecule has 0 aliphatic heterocycles. The summed E-state index contributed by atoms with van der Waals surface area (Å²) >= 11 is 5.51. The van der Waals surface area contributed by atoms with Crippen molar-refractivity contribution >= 4 is 27.5 Å². The number of nitrogens with one attached hydrogen (secondary N) is 2. The Balaban J connectivity index is 4.32. The third-order valence-electron chi connectivity index (χ3n) is 1.76. The van der Waals surface area contributed by atoms with Crippen molar-refractivity contribution < 1.29 is 13.2 Å². The predicted molar refractivity (Wildman–Crippen MR) is 60.3 cm³/mol. The molecule has 0 rings (SSSR count). The lowest BCUT2D eigenvalue weighted by Crippen LogP contribution is -2.45. The van der Waals surface area contributed by atoms with Gasteiger partial charge in [-0.15, -0.1) is 11.6 Å². The van der Waals surface area contributed by atoms with Crippen LogP contribution in [0.1, 0.15) is 13.8 Å². The lowest BCUT2D eigenvalue weighted by atomic mass is 10.3. The molecule has 2 atom stereocenters. The van der Waals surface area contributed by atoms with Gasteiger partial charge in [0.15, 0.2) is 0 Å². The first kappa shape index (κ1) is 14.7. The van der Waals surface area contributed by atoms with Crippen LogP contribution in [0.25, 0.3) is 0 Å². The summed E-state index contributed by atoms with van der Waals surface area (Å²) < 4.78 is 25.2. The normalized spacial score (nSPS) is 15.7. The van der Waals surface area contributed by atoms with Crippen LogP contribution in [0, 0.1) is 5.92 Å². The van der Waals surface area contributed by atoms with Crippen LogP contribution in [0.5, 0.6) is 0 Å². The molecule has 0 fully saturated rings. The Morgan fingerprint density at radius 2 is 1.93 bits per heavy atom. The first-order valence-corrected chi connectivity index (χ1v) is 6.78. The Labute approximate surface area is 95.6 Å². The highest BCUT2D eigenvalue weighted by Crippen LogP contribution is 2.02. The molecule has 0 aromatic heterocycles. The summed E-state index contributed by atoms with van der Waals surface area (Å²) in [6.07, 6.45) is 0. The highest BCUT2D eigenvalue weighted by atomic mass is 35.5. The van der Waals surface area contributed by atoms with E-state index in [-0.39, 0.29) is 23.5 Å². The monoisotopic (exact) mass is 256 g/mol. The number of sulfonamides is 1. The van der Waals surface area contributed by atoms with E-state index < -0.39 is 16.1 Å². The number of rotatable bonds is 6. The van der Waals surface area contributed by atoms with Crippen molar-refractivity contribution in [1.82, 2.24) is 10.0 Å². The number of amides is 1. The van der Waals surface area contributed by atoms with Crippen molar-refractivity contribution in [3.8, 4) is 0 Å². The summed E-state index contributed by atoms with van der Waals surface area (Å²) in [5.74, 6) is -0.300. The van der Waals surface area contributed by atoms with Gasteiger partial charge in [-0.2, -0.15) is 0 Å². The summed E-state index contributed by atoms with van der Waals surface area (Å²) in [4.78, 5) is 11.1. The van der Waals surface area contributed by atoms with Crippen LogP contribution in [0.3, 0.4) is 0 Å². The van der Waals surface area contributed by atoms with Crippen LogP contribution >= 0.6 is 11.6 Å². The number of carbonyl (C=O) groups is 1. The van der Waals surface area contributed by atoms with Gasteiger partial charge >= 0.3 is 0 Å². The van der Waals surface area contributed by atoms with Crippen molar-refractivity contribution in [3.63, 3.8) is 0 Å². The van der Waals surface area contributed by atoms with Crippen molar-refractivity contribution in [3.05, 3.63) is 0 Å². The van der Waals surface area contributed by atoms with E-state index in [4.69, 9.17) is 11.6 Å². The fraction of sp³-hybridized carbons (Fsp3) is 0.875. The van der Waals surface area contributed by atoms with E-state index in [1.165, 1.54) is 14.0 Å². The molecule has 0 aromatic rings. The average molecular weight is 257 g/mol. The molecule has 2 N–H and O–H groups in total. The van der Waals surface area contributed by atoms with E-state index in [0.717, 1.165) is 0 Å². The van der Waals surface area contributed by atoms with E-state index in [9.17, 15) is 13.2 Å². The van der Waals surface area contributed by atoms with Gasteiger partial charge in [-0.25, -0.2) is 13.1 Å². The Hall–Kier alpha value is -0.330. The maximum atomic E-state index is 11.5. The molecule has 1 amide bonds. The van der Waals surface area contributed by atoms with E-state index in [0.29, 0.717) is 0 Å². The second kappa shape index (κ2) is 6.30. The molecular formula is C8H17ClN2O3S. The molecule has 0 aromatic carbocycles. The third-order valence-corrected chi connectivity index (χ3v) is 4.01. The van der Waals surface area contributed by atoms with Crippen LogP contribution in [0.2, 0.25) is 0 Å². The molecule has 0 saturated carbocycles. The molecule has 2 unspecified atom stereocenters. The Morgan fingerprint density at radius 3 is 2.33 bits per heavy atom. The van der Waals surface area contributed by atoms with Crippen molar-refractivity contribution in [1.29, 1.82) is 0 Å². The molecule has 0 radical (unpaired) electrons. The van der Waals surface area contributed by atoms with E-state index in [2.05, 4.69) is 10.0 Å². The number of alkyl halides is 1. The number of halogens is 1. The molecule has 7 heteroatoms. The van der Waals surface area contributed by atoms with Crippen LogP contribution in [-0.4, -0.2) is 39.0 Å². The quantitative estimate of drug-likeness (QED) is 0.653. The zero-order valence-corrected chi connectivity index (χ0v) is 10.7. The molecule has 0 saturated heterocycles. The van der Waals surface area contributed by atoms with Gasteiger partial charge < -0.3 is 5.32 Å². The highest BCUT2D eigenvalue weighted by Gasteiger charge is 2.21. The molecule has 0 aliphatic rings. The fourth-order valence-electron chi connectivity index (χ4n) is 1.01. The zero-order chi connectivity index (χ0) is 12.1. The largest absolute Gasteiger partial charge is 0.358 e. The zero-order valence-electron chi connectivity index (χ0n) is 9.08. The second-order valence-electron chi connectivity index (χ2n) is 3.49. The van der Waals surface area contributed by atoms with E-state index >= 15 is 0 Å². The van der Waals surface area contributed by atoms with Crippen molar-refractivity contribution in [2.75, 3.05) is 18.7 Å². The summed E-state index contributed by atoms with van der Waals surface area (Å²) in [6.45, 7) is 3.22. The minimum atomic E-state index is -3.44. The third kappa shape index (κ3) is 5.96. The molecule has 0 aliphatic carbocycles.